The van der Waals surface area contributed by atoms with Crippen molar-refractivity contribution in [1.29, 1.82) is 0 Å². The molecule has 6 heteroatoms. The maximum absolute atomic E-state index is 12.7. The van der Waals surface area contributed by atoms with E-state index >= 15 is 0 Å². The van der Waals surface area contributed by atoms with Gasteiger partial charge in [-0.05, 0) is 30.5 Å². The molecular weight excluding hydrogens is 255 g/mol. The molecule has 0 atom stereocenters. The van der Waals surface area contributed by atoms with Gasteiger partial charge in [0.1, 0.15) is 5.82 Å². The van der Waals surface area contributed by atoms with E-state index < -0.39 is 10.0 Å². The Morgan fingerprint density at radius 2 is 1.89 bits per heavy atom. The second-order valence-corrected chi connectivity index (χ2v) is 6.42. The predicted molar refractivity (Wildman–Crippen MR) is 68.1 cm³/mol. The van der Waals surface area contributed by atoms with Crippen LogP contribution in [0.15, 0.2) is 24.3 Å². The minimum atomic E-state index is -3.26. The minimum Gasteiger partial charge on any atom is -0.313 e. The molecule has 2 rings (SSSR count). The Kier molecular flexibility index (Phi) is 4.31. The van der Waals surface area contributed by atoms with E-state index in [9.17, 15) is 12.8 Å². The molecular formula is C12H17FN2O2S. The summed E-state index contributed by atoms with van der Waals surface area (Å²) in [5.41, 5.74) is 0.745. The molecule has 1 fully saturated rings. The fraction of sp³-hybridized carbons (Fsp3) is 0.500. The SMILES string of the molecule is O=S(=O)(CCNC1CC1)NCc1ccc(F)cc1. The van der Waals surface area contributed by atoms with Crippen molar-refractivity contribution < 1.29 is 12.8 Å². The Labute approximate surface area is 107 Å². The minimum absolute atomic E-state index is 0.0741. The van der Waals surface area contributed by atoms with Crippen molar-refractivity contribution in [2.45, 2.75) is 25.4 Å². The normalized spacial score (nSPS) is 15.8. The highest BCUT2D eigenvalue weighted by molar-refractivity contribution is 7.89. The van der Waals surface area contributed by atoms with Crippen LogP contribution in [-0.2, 0) is 16.6 Å². The maximum atomic E-state index is 12.7. The van der Waals surface area contributed by atoms with Gasteiger partial charge in [0.15, 0.2) is 0 Å². The van der Waals surface area contributed by atoms with Crippen molar-refractivity contribution in [3.63, 3.8) is 0 Å². The molecule has 0 aliphatic heterocycles. The number of rotatable bonds is 7. The number of hydrogen-bond acceptors (Lipinski definition) is 3. The molecule has 0 aromatic heterocycles. The van der Waals surface area contributed by atoms with Crippen LogP contribution in [0.25, 0.3) is 0 Å². The van der Waals surface area contributed by atoms with Crippen LogP contribution in [0.2, 0.25) is 0 Å². The fourth-order valence-electron chi connectivity index (χ4n) is 1.55. The molecule has 0 amide bonds. The molecule has 0 unspecified atom stereocenters. The third kappa shape index (κ3) is 4.72. The Morgan fingerprint density at radius 3 is 2.50 bits per heavy atom. The summed E-state index contributed by atoms with van der Waals surface area (Å²) in [4.78, 5) is 0. The monoisotopic (exact) mass is 272 g/mol. The molecule has 2 N–H and O–H groups in total. The zero-order chi connectivity index (χ0) is 13.0. The quantitative estimate of drug-likeness (QED) is 0.778. The summed E-state index contributed by atoms with van der Waals surface area (Å²) < 4.78 is 38.5. The van der Waals surface area contributed by atoms with Crippen LogP contribution in [0.1, 0.15) is 18.4 Å². The molecule has 0 heterocycles. The first-order valence-corrected chi connectivity index (χ1v) is 7.65. The smallest absolute Gasteiger partial charge is 0.213 e. The number of benzene rings is 1. The Balaban J connectivity index is 1.74. The third-order valence-electron chi connectivity index (χ3n) is 2.79. The van der Waals surface area contributed by atoms with Crippen LogP contribution in [0.3, 0.4) is 0 Å². The summed E-state index contributed by atoms with van der Waals surface area (Å²) in [6.07, 6.45) is 2.28. The number of nitrogens with one attached hydrogen (secondary N) is 2. The van der Waals surface area contributed by atoms with Crippen LogP contribution >= 0.6 is 0 Å². The van der Waals surface area contributed by atoms with Gasteiger partial charge in [-0.3, -0.25) is 0 Å². The lowest BCUT2D eigenvalue weighted by atomic mass is 10.2. The Morgan fingerprint density at radius 1 is 1.22 bits per heavy atom. The van der Waals surface area contributed by atoms with E-state index in [4.69, 9.17) is 0 Å². The highest BCUT2D eigenvalue weighted by Gasteiger charge is 2.21. The van der Waals surface area contributed by atoms with Gasteiger partial charge in [-0.2, -0.15) is 0 Å². The van der Waals surface area contributed by atoms with Crippen molar-refractivity contribution >= 4 is 10.0 Å². The Bertz CT molecular complexity index is 483. The topological polar surface area (TPSA) is 58.2 Å². The maximum Gasteiger partial charge on any atom is 0.213 e. The molecule has 0 bridgehead atoms. The first kappa shape index (κ1) is 13.5. The van der Waals surface area contributed by atoms with Crippen molar-refractivity contribution in [1.82, 2.24) is 10.0 Å². The first-order chi connectivity index (χ1) is 8.55. The van der Waals surface area contributed by atoms with Gasteiger partial charge >= 0.3 is 0 Å². The molecule has 100 valence electrons. The summed E-state index contributed by atoms with van der Waals surface area (Å²) in [5, 5.41) is 3.15. The summed E-state index contributed by atoms with van der Waals surface area (Å²) in [6.45, 7) is 0.676. The Hall–Kier alpha value is -0.980. The lowest BCUT2D eigenvalue weighted by Gasteiger charge is -2.07. The second kappa shape index (κ2) is 5.77. The summed E-state index contributed by atoms with van der Waals surface area (Å²) >= 11 is 0. The van der Waals surface area contributed by atoms with Crippen molar-refractivity contribution in [2.75, 3.05) is 12.3 Å². The standard InChI is InChI=1S/C12H17FN2O2S/c13-11-3-1-10(2-4-11)9-15-18(16,17)8-7-14-12-5-6-12/h1-4,12,14-15H,5-9H2. The van der Waals surface area contributed by atoms with E-state index in [0.717, 1.165) is 18.4 Å². The van der Waals surface area contributed by atoms with Gasteiger partial charge < -0.3 is 5.32 Å². The van der Waals surface area contributed by atoms with Gasteiger partial charge in [-0.25, -0.2) is 17.5 Å². The number of halogens is 1. The molecule has 1 aromatic carbocycles. The molecule has 4 nitrogen and oxygen atoms in total. The van der Waals surface area contributed by atoms with Crippen LogP contribution in [0, 0.1) is 5.82 Å². The van der Waals surface area contributed by atoms with Gasteiger partial charge in [0.25, 0.3) is 0 Å². The molecule has 1 aliphatic rings. The molecule has 0 radical (unpaired) electrons. The van der Waals surface area contributed by atoms with Crippen LogP contribution in [0.4, 0.5) is 4.39 Å². The lowest BCUT2D eigenvalue weighted by molar-refractivity contribution is 0.576. The average molecular weight is 272 g/mol. The van der Waals surface area contributed by atoms with E-state index in [1.54, 1.807) is 12.1 Å². The van der Waals surface area contributed by atoms with Crippen LogP contribution < -0.4 is 10.0 Å². The summed E-state index contributed by atoms with van der Waals surface area (Å²) in [7, 11) is -3.26. The molecule has 0 saturated heterocycles. The van der Waals surface area contributed by atoms with Crippen molar-refractivity contribution in [2.24, 2.45) is 0 Å². The van der Waals surface area contributed by atoms with Gasteiger partial charge in [0.2, 0.25) is 10.0 Å². The molecule has 18 heavy (non-hydrogen) atoms. The summed E-state index contributed by atoms with van der Waals surface area (Å²) in [5.74, 6) is -0.250. The predicted octanol–water partition coefficient (Wildman–Crippen LogP) is 0.997. The highest BCUT2D eigenvalue weighted by atomic mass is 32.2. The third-order valence-corrected chi connectivity index (χ3v) is 4.12. The van der Waals surface area contributed by atoms with E-state index in [1.165, 1.54) is 12.1 Å². The van der Waals surface area contributed by atoms with Crippen molar-refractivity contribution in [3.05, 3.63) is 35.6 Å². The van der Waals surface area contributed by atoms with E-state index in [0.29, 0.717) is 12.6 Å². The largest absolute Gasteiger partial charge is 0.313 e. The first-order valence-electron chi connectivity index (χ1n) is 6.00. The van der Waals surface area contributed by atoms with Crippen LogP contribution in [-0.4, -0.2) is 26.8 Å². The van der Waals surface area contributed by atoms with E-state index in [1.807, 2.05) is 0 Å². The van der Waals surface area contributed by atoms with Gasteiger partial charge in [-0.15, -0.1) is 0 Å². The van der Waals surface area contributed by atoms with Crippen LogP contribution in [0.5, 0.6) is 0 Å². The zero-order valence-corrected chi connectivity index (χ0v) is 10.8. The van der Waals surface area contributed by atoms with Gasteiger partial charge in [0.05, 0.1) is 5.75 Å². The number of sulfonamides is 1. The van der Waals surface area contributed by atoms with E-state index in [2.05, 4.69) is 10.0 Å². The summed E-state index contributed by atoms with van der Waals surface area (Å²) in [6, 6.07) is 6.29. The molecule has 1 saturated carbocycles. The highest BCUT2D eigenvalue weighted by Crippen LogP contribution is 2.18. The van der Waals surface area contributed by atoms with E-state index in [-0.39, 0.29) is 18.1 Å². The second-order valence-electron chi connectivity index (χ2n) is 4.49. The molecule has 1 aromatic rings. The number of hydrogen-bond donors (Lipinski definition) is 2. The van der Waals surface area contributed by atoms with Gasteiger partial charge in [-0.1, -0.05) is 12.1 Å². The van der Waals surface area contributed by atoms with Gasteiger partial charge in [0, 0.05) is 19.1 Å². The average Bonchev–Trinajstić information content (AvgIpc) is 3.12. The zero-order valence-electron chi connectivity index (χ0n) is 10.0. The molecule has 0 spiro atoms. The lowest BCUT2D eigenvalue weighted by Crippen LogP contribution is -2.32. The fourth-order valence-corrected chi connectivity index (χ4v) is 2.47. The van der Waals surface area contributed by atoms with Crippen molar-refractivity contribution in [3.8, 4) is 0 Å². The molecule has 1 aliphatic carbocycles.